The van der Waals surface area contributed by atoms with E-state index in [1.54, 1.807) is 0 Å². The van der Waals surface area contributed by atoms with Gasteiger partial charge in [-0.05, 0) is 32.6 Å². The van der Waals surface area contributed by atoms with Crippen LogP contribution in [0.25, 0.3) is 0 Å². The molecule has 0 rings (SSSR count). The van der Waals surface area contributed by atoms with Crippen molar-refractivity contribution >= 4 is 0 Å². The highest BCUT2D eigenvalue weighted by Crippen LogP contribution is 2.22. The maximum absolute atomic E-state index is 5.98. The van der Waals surface area contributed by atoms with Crippen molar-refractivity contribution in [3.63, 3.8) is 0 Å². The first-order valence-corrected chi connectivity index (χ1v) is 5.78. The van der Waals surface area contributed by atoms with Crippen LogP contribution in [0.3, 0.4) is 0 Å². The van der Waals surface area contributed by atoms with Crippen LogP contribution in [-0.4, -0.2) is 5.54 Å². The fourth-order valence-electron chi connectivity index (χ4n) is 1.83. The zero-order valence-corrected chi connectivity index (χ0v) is 9.90. The Balaban J connectivity index is 3.68. The van der Waals surface area contributed by atoms with E-state index < -0.39 is 0 Å². The molecule has 0 aliphatic heterocycles. The van der Waals surface area contributed by atoms with Crippen LogP contribution in [-0.2, 0) is 0 Å². The highest BCUT2D eigenvalue weighted by Gasteiger charge is 2.14. The predicted octanol–water partition coefficient (Wildman–Crippen LogP) is 3.72. The molecular formula is C12H27N. The van der Waals surface area contributed by atoms with Gasteiger partial charge in [0, 0.05) is 5.54 Å². The minimum Gasteiger partial charge on any atom is -0.326 e. The Hall–Kier alpha value is -0.0400. The summed E-state index contributed by atoms with van der Waals surface area (Å²) in [5.41, 5.74) is 6.00. The molecule has 1 nitrogen and oxygen atoms in total. The maximum atomic E-state index is 5.98. The summed E-state index contributed by atoms with van der Waals surface area (Å²) in [4.78, 5) is 0. The summed E-state index contributed by atoms with van der Waals surface area (Å²) in [5.74, 6) is 0.915. The Morgan fingerprint density at radius 3 is 1.77 bits per heavy atom. The Morgan fingerprint density at radius 2 is 1.46 bits per heavy atom. The lowest BCUT2D eigenvalue weighted by molar-refractivity contribution is 0.348. The van der Waals surface area contributed by atoms with Crippen molar-refractivity contribution in [2.24, 2.45) is 11.7 Å². The Kier molecular flexibility index (Phi) is 6.40. The van der Waals surface area contributed by atoms with E-state index in [0.29, 0.717) is 0 Å². The molecule has 0 unspecified atom stereocenters. The van der Waals surface area contributed by atoms with E-state index in [0.717, 1.165) is 12.3 Å². The summed E-state index contributed by atoms with van der Waals surface area (Å²) >= 11 is 0. The van der Waals surface area contributed by atoms with E-state index in [1.807, 2.05) is 0 Å². The first-order chi connectivity index (χ1) is 5.99. The normalized spacial score (nSPS) is 12.5. The van der Waals surface area contributed by atoms with Crippen LogP contribution in [0.1, 0.15) is 66.2 Å². The third-order valence-electron chi connectivity index (χ3n) is 2.59. The van der Waals surface area contributed by atoms with E-state index in [-0.39, 0.29) is 5.54 Å². The van der Waals surface area contributed by atoms with Gasteiger partial charge in [-0.15, -0.1) is 0 Å². The van der Waals surface area contributed by atoms with Gasteiger partial charge in [-0.25, -0.2) is 0 Å². The molecule has 0 aliphatic carbocycles. The van der Waals surface area contributed by atoms with Crippen molar-refractivity contribution in [3.05, 3.63) is 0 Å². The van der Waals surface area contributed by atoms with Gasteiger partial charge in [0.05, 0.1) is 0 Å². The summed E-state index contributed by atoms with van der Waals surface area (Å²) in [5, 5.41) is 0. The first-order valence-electron chi connectivity index (χ1n) is 5.78. The molecule has 0 aromatic heterocycles. The molecule has 80 valence electrons. The standard InChI is InChI=1S/C12H27N/c1-5-7-11(8-6-2)9-10-12(3,4)13/h11H,5-10,13H2,1-4H3. The zero-order chi connectivity index (χ0) is 10.3. The highest BCUT2D eigenvalue weighted by atomic mass is 14.7. The lowest BCUT2D eigenvalue weighted by atomic mass is 9.88. The minimum atomic E-state index is 0.0275. The van der Waals surface area contributed by atoms with Crippen LogP contribution in [0.4, 0.5) is 0 Å². The lowest BCUT2D eigenvalue weighted by Gasteiger charge is -2.22. The van der Waals surface area contributed by atoms with E-state index in [4.69, 9.17) is 5.73 Å². The molecule has 0 saturated heterocycles. The Morgan fingerprint density at radius 1 is 1.00 bits per heavy atom. The molecule has 0 spiro atoms. The van der Waals surface area contributed by atoms with Gasteiger partial charge in [0.15, 0.2) is 0 Å². The van der Waals surface area contributed by atoms with Crippen molar-refractivity contribution in [2.75, 3.05) is 0 Å². The number of hydrogen-bond donors (Lipinski definition) is 1. The molecule has 13 heavy (non-hydrogen) atoms. The van der Waals surface area contributed by atoms with Crippen LogP contribution in [0.2, 0.25) is 0 Å². The largest absolute Gasteiger partial charge is 0.326 e. The van der Waals surface area contributed by atoms with E-state index >= 15 is 0 Å². The third-order valence-corrected chi connectivity index (χ3v) is 2.59. The molecule has 0 aliphatic rings. The van der Waals surface area contributed by atoms with Gasteiger partial charge in [0.2, 0.25) is 0 Å². The SMILES string of the molecule is CCCC(CCC)CCC(C)(C)N. The van der Waals surface area contributed by atoms with Crippen LogP contribution in [0, 0.1) is 5.92 Å². The molecule has 2 N–H and O–H groups in total. The van der Waals surface area contributed by atoms with E-state index in [2.05, 4.69) is 27.7 Å². The molecule has 0 bridgehead atoms. The fourth-order valence-corrected chi connectivity index (χ4v) is 1.83. The third kappa shape index (κ3) is 8.29. The van der Waals surface area contributed by atoms with Crippen LogP contribution in [0.15, 0.2) is 0 Å². The first kappa shape index (κ1) is 13.0. The number of hydrogen-bond acceptors (Lipinski definition) is 1. The van der Waals surface area contributed by atoms with Crippen molar-refractivity contribution in [1.82, 2.24) is 0 Å². The number of rotatable bonds is 7. The molecule has 0 saturated carbocycles. The molecule has 1 heteroatoms. The van der Waals surface area contributed by atoms with Gasteiger partial charge >= 0.3 is 0 Å². The van der Waals surface area contributed by atoms with Crippen LogP contribution >= 0.6 is 0 Å². The molecule has 0 aromatic rings. The molecule has 0 atom stereocenters. The zero-order valence-electron chi connectivity index (χ0n) is 9.90. The van der Waals surface area contributed by atoms with Crippen molar-refractivity contribution in [1.29, 1.82) is 0 Å². The quantitative estimate of drug-likeness (QED) is 0.642. The predicted molar refractivity (Wildman–Crippen MR) is 60.8 cm³/mol. The van der Waals surface area contributed by atoms with E-state index in [1.165, 1.54) is 32.1 Å². The Bertz CT molecular complexity index is 107. The molecule has 0 fully saturated rings. The summed E-state index contributed by atoms with van der Waals surface area (Å²) < 4.78 is 0. The summed E-state index contributed by atoms with van der Waals surface area (Å²) in [7, 11) is 0. The smallest absolute Gasteiger partial charge is 0.00971 e. The van der Waals surface area contributed by atoms with E-state index in [9.17, 15) is 0 Å². The average Bonchev–Trinajstić information content (AvgIpc) is 2.00. The van der Waals surface area contributed by atoms with Gasteiger partial charge in [-0.3, -0.25) is 0 Å². The second-order valence-electron chi connectivity index (χ2n) is 4.97. The monoisotopic (exact) mass is 185 g/mol. The molecule has 0 heterocycles. The molecule has 0 aromatic carbocycles. The topological polar surface area (TPSA) is 26.0 Å². The van der Waals surface area contributed by atoms with Crippen molar-refractivity contribution in [3.8, 4) is 0 Å². The molecule has 0 radical (unpaired) electrons. The molecule has 0 amide bonds. The average molecular weight is 185 g/mol. The second-order valence-corrected chi connectivity index (χ2v) is 4.97. The van der Waals surface area contributed by atoms with Crippen molar-refractivity contribution < 1.29 is 0 Å². The van der Waals surface area contributed by atoms with Crippen LogP contribution < -0.4 is 5.73 Å². The summed E-state index contributed by atoms with van der Waals surface area (Å²) in [6.07, 6.45) is 7.86. The molecular weight excluding hydrogens is 158 g/mol. The summed E-state index contributed by atoms with van der Waals surface area (Å²) in [6, 6.07) is 0. The van der Waals surface area contributed by atoms with Crippen molar-refractivity contribution in [2.45, 2.75) is 71.8 Å². The number of nitrogens with two attached hydrogens (primary N) is 1. The van der Waals surface area contributed by atoms with Gasteiger partial charge < -0.3 is 5.73 Å². The van der Waals surface area contributed by atoms with Crippen LogP contribution in [0.5, 0.6) is 0 Å². The minimum absolute atomic E-state index is 0.0275. The maximum Gasteiger partial charge on any atom is 0.00971 e. The van der Waals surface area contributed by atoms with Gasteiger partial charge in [-0.2, -0.15) is 0 Å². The van der Waals surface area contributed by atoms with Gasteiger partial charge in [0.1, 0.15) is 0 Å². The summed E-state index contributed by atoms with van der Waals surface area (Å²) in [6.45, 7) is 8.80. The Labute approximate surface area is 84.1 Å². The second kappa shape index (κ2) is 6.42. The van der Waals surface area contributed by atoms with Gasteiger partial charge in [0.25, 0.3) is 0 Å². The fraction of sp³-hybridized carbons (Fsp3) is 1.00. The van der Waals surface area contributed by atoms with Gasteiger partial charge in [-0.1, -0.05) is 39.5 Å². The highest BCUT2D eigenvalue weighted by molar-refractivity contribution is 4.73. The lowest BCUT2D eigenvalue weighted by Crippen LogP contribution is -2.32.